The molecular weight excluding hydrogens is 302 g/mol. The number of benzene rings is 1. The van der Waals surface area contributed by atoms with Crippen molar-refractivity contribution in [1.29, 1.82) is 0 Å². The molecule has 1 aromatic heterocycles. The van der Waals surface area contributed by atoms with Gasteiger partial charge in [-0.2, -0.15) is 0 Å². The van der Waals surface area contributed by atoms with E-state index in [0.717, 1.165) is 37.8 Å². The Kier molecular flexibility index (Phi) is 4.45. The third kappa shape index (κ3) is 3.80. The molecule has 2 N–H and O–H groups in total. The highest BCUT2D eigenvalue weighted by Gasteiger charge is 2.19. The predicted molar refractivity (Wildman–Crippen MR) is 81.4 cm³/mol. The summed E-state index contributed by atoms with van der Waals surface area (Å²) in [5, 5.41) is 5.69. The fourth-order valence-electron chi connectivity index (χ4n) is 2.58. The van der Waals surface area contributed by atoms with E-state index in [-0.39, 0.29) is 23.6 Å². The van der Waals surface area contributed by atoms with E-state index in [1.54, 1.807) is 0 Å². The van der Waals surface area contributed by atoms with Crippen LogP contribution in [0, 0.1) is 11.6 Å². The minimum absolute atomic E-state index is 0.148. The van der Waals surface area contributed by atoms with Crippen LogP contribution in [-0.2, 0) is 0 Å². The van der Waals surface area contributed by atoms with Crippen LogP contribution in [0.4, 0.5) is 20.4 Å². The number of rotatable bonds is 4. The molecule has 0 spiro atoms. The second kappa shape index (κ2) is 6.68. The first-order chi connectivity index (χ1) is 11.1. The van der Waals surface area contributed by atoms with Gasteiger partial charge in [0, 0.05) is 24.0 Å². The summed E-state index contributed by atoms with van der Waals surface area (Å²) in [4.78, 5) is 20.3. The summed E-state index contributed by atoms with van der Waals surface area (Å²) in [7, 11) is 0. The highest BCUT2D eigenvalue weighted by Crippen LogP contribution is 2.19. The quantitative estimate of drug-likeness (QED) is 0.908. The molecule has 7 heteroatoms. The highest BCUT2D eigenvalue weighted by molar-refractivity contribution is 5.92. The maximum atomic E-state index is 13.2. The second-order valence-electron chi connectivity index (χ2n) is 5.47. The van der Waals surface area contributed by atoms with E-state index in [0.29, 0.717) is 5.69 Å². The molecule has 1 saturated carbocycles. The Balaban J connectivity index is 1.71. The van der Waals surface area contributed by atoms with Gasteiger partial charge in [-0.3, -0.25) is 4.79 Å². The minimum Gasteiger partial charge on any atom is -0.348 e. The van der Waals surface area contributed by atoms with Crippen molar-refractivity contribution in [3.63, 3.8) is 0 Å². The Morgan fingerprint density at radius 3 is 2.65 bits per heavy atom. The van der Waals surface area contributed by atoms with Crippen LogP contribution in [0.15, 0.2) is 30.5 Å². The lowest BCUT2D eigenvalue weighted by Crippen LogP contribution is -2.33. The van der Waals surface area contributed by atoms with Crippen molar-refractivity contribution in [2.75, 3.05) is 5.32 Å². The zero-order valence-electron chi connectivity index (χ0n) is 12.4. The van der Waals surface area contributed by atoms with Gasteiger partial charge in [-0.1, -0.05) is 12.8 Å². The van der Waals surface area contributed by atoms with Crippen LogP contribution in [0.5, 0.6) is 0 Å². The zero-order chi connectivity index (χ0) is 16.2. The molecule has 120 valence electrons. The third-order valence-electron chi connectivity index (χ3n) is 3.75. The number of carbonyl (C=O) groups excluding carboxylic acids is 1. The van der Waals surface area contributed by atoms with Crippen molar-refractivity contribution in [2.24, 2.45) is 0 Å². The van der Waals surface area contributed by atoms with Crippen LogP contribution >= 0.6 is 0 Å². The number of aromatic nitrogens is 2. The number of anilines is 2. The summed E-state index contributed by atoms with van der Waals surface area (Å²) < 4.78 is 26.1. The van der Waals surface area contributed by atoms with Crippen LogP contribution in [0.3, 0.4) is 0 Å². The molecule has 0 radical (unpaired) electrons. The van der Waals surface area contributed by atoms with Crippen LogP contribution in [0.25, 0.3) is 0 Å². The maximum Gasteiger partial charge on any atom is 0.270 e. The summed E-state index contributed by atoms with van der Waals surface area (Å²) in [5.74, 6) is -2.01. The van der Waals surface area contributed by atoms with Gasteiger partial charge in [0.15, 0.2) is 11.6 Å². The van der Waals surface area contributed by atoms with E-state index in [4.69, 9.17) is 0 Å². The molecule has 23 heavy (non-hydrogen) atoms. The van der Waals surface area contributed by atoms with E-state index in [9.17, 15) is 13.6 Å². The molecule has 0 bridgehead atoms. The lowest BCUT2D eigenvalue weighted by Gasteiger charge is -2.12. The van der Waals surface area contributed by atoms with Crippen LogP contribution < -0.4 is 10.6 Å². The third-order valence-corrected chi connectivity index (χ3v) is 3.75. The zero-order valence-corrected chi connectivity index (χ0v) is 12.4. The van der Waals surface area contributed by atoms with Gasteiger partial charge in [-0.25, -0.2) is 18.7 Å². The number of nitrogens with zero attached hydrogens (tertiary/aromatic N) is 2. The Morgan fingerprint density at radius 1 is 1.13 bits per heavy atom. The molecule has 1 fully saturated rings. The van der Waals surface area contributed by atoms with Crippen molar-refractivity contribution in [3.8, 4) is 0 Å². The number of amides is 1. The van der Waals surface area contributed by atoms with Gasteiger partial charge in [0.1, 0.15) is 5.69 Å². The summed E-state index contributed by atoms with van der Waals surface area (Å²) in [6, 6.07) is 5.09. The Bertz CT molecular complexity index is 717. The molecule has 1 aliphatic carbocycles. The van der Waals surface area contributed by atoms with Crippen LogP contribution in [0.1, 0.15) is 36.2 Å². The summed E-state index contributed by atoms with van der Waals surface area (Å²) in [5.41, 5.74) is 0.536. The van der Waals surface area contributed by atoms with Gasteiger partial charge in [0.2, 0.25) is 5.95 Å². The second-order valence-corrected chi connectivity index (χ2v) is 5.47. The van der Waals surface area contributed by atoms with Crippen molar-refractivity contribution in [2.45, 2.75) is 31.7 Å². The predicted octanol–water partition coefficient (Wildman–Crippen LogP) is 3.17. The normalized spacial score (nSPS) is 14.7. The van der Waals surface area contributed by atoms with Crippen molar-refractivity contribution in [1.82, 2.24) is 15.3 Å². The number of carbonyl (C=O) groups is 1. The first-order valence-corrected chi connectivity index (χ1v) is 7.48. The van der Waals surface area contributed by atoms with E-state index >= 15 is 0 Å². The van der Waals surface area contributed by atoms with Gasteiger partial charge in [-0.05, 0) is 31.0 Å². The molecule has 1 aromatic carbocycles. The van der Waals surface area contributed by atoms with Crippen LogP contribution in [0.2, 0.25) is 0 Å². The lowest BCUT2D eigenvalue weighted by atomic mass is 10.2. The van der Waals surface area contributed by atoms with E-state index < -0.39 is 11.6 Å². The van der Waals surface area contributed by atoms with Crippen molar-refractivity contribution >= 4 is 17.5 Å². The molecule has 5 nitrogen and oxygen atoms in total. The molecule has 1 heterocycles. The first kappa shape index (κ1) is 15.3. The summed E-state index contributed by atoms with van der Waals surface area (Å²) in [6.07, 6.45) is 5.65. The Labute approximate surface area is 132 Å². The molecule has 3 rings (SSSR count). The molecule has 0 aliphatic heterocycles. The van der Waals surface area contributed by atoms with Gasteiger partial charge in [-0.15, -0.1) is 0 Å². The number of hydrogen-bond acceptors (Lipinski definition) is 4. The molecule has 2 aromatic rings. The van der Waals surface area contributed by atoms with Gasteiger partial charge in [0.05, 0.1) is 0 Å². The molecule has 0 saturated heterocycles. The van der Waals surface area contributed by atoms with Crippen molar-refractivity contribution in [3.05, 3.63) is 47.8 Å². The SMILES string of the molecule is O=C(NC1CCCC1)c1ccnc(Nc2ccc(F)c(F)c2)n1. The number of nitrogens with one attached hydrogen (secondary N) is 2. The molecule has 1 aliphatic rings. The lowest BCUT2D eigenvalue weighted by molar-refractivity contribution is 0.0933. The maximum absolute atomic E-state index is 13.2. The average molecular weight is 318 g/mol. The average Bonchev–Trinajstić information content (AvgIpc) is 3.04. The monoisotopic (exact) mass is 318 g/mol. The van der Waals surface area contributed by atoms with Gasteiger partial charge in [0.25, 0.3) is 5.91 Å². The Hall–Kier alpha value is -2.57. The van der Waals surface area contributed by atoms with E-state index in [1.807, 2.05) is 0 Å². The standard InChI is InChI=1S/C16H16F2N4O/c17-12-6-5-11(9-13(12)18)21-16-19-8-7-14(22-16)15(23)20-10-3-1-2-4-10/h5-10H,1-4H2,(H,20,23)(H,19,21,22). The molecule has 0 atom stereocenters. The fraction of sp³-hybridized carbons (Fsp3) is 0.312. The molecule has 0 unspecified atom stereocenters. The minimum atomic E-state index is -0.967. The van der Waals surface area contributed by atoms with E-state index in [2.05, 4.69) is 20.6 Å². The fourth-order valence-corrected chi connectivity index (χ4v) is 2.58. The van der Waals surface area contributed by atoms with Crippen molar-refractivity contribution < 1.29 is 13.6 Å². The first-order valence-electron chi connectivity index (χ1n) is 7.48. The topological polar surface area (TPSA) is 66.9 Å². The van der Waals surface area contributed by atoms with Gasteiger partial charge < -0.3 is 10.6 Å². The highest BCUT2D eigenvalue weighted by atomic mass is 19.2. The summed E-state index contributed by atoms with van der Waals surface area (Å²) in [6.45, 7) is 0. The number of hydrogen-bond donors (Lipinski definition) is 2. The van der Waals surface area contributed by atoms with Gasteiger partial charge >= 0.3 is 0 Å². The van der Waals surface area contributed by atoms with Crippen LogP contribution in [-0.4, -0.2) is 21.9 Å². The Morgan fingerprint density at radius 2 is 1.91 bits per heavy atom. The molecule has 1 amide bonds. The van der Waals surface area contributed by atoms with E-state index in [1.165, 1.54) is 18.3 Å². The smallest absolute Gasteiger partial charge is 0.270 e. The summed E-state index contributed by atoms with van der Waals surface area (Å²) >= 11 is 0. The molecular formula is C16H16F2N4O. The largest absolute Gasteiger partial charge is 0.348 e. The number of halogens is 2.